The molecule has 318 valence electrons. The Kier molecular flexibility index (Phi) is 7.61. The van der Waals surface area contributed by atoms with E-state index < -0.39 is 18.1 Å². The third kappa shape index (κ3) is 5.79. The predicted octanol–water partition coefficient (Wildman–Crippen LogP) is 13.6. The summed E-state index contributed by atoms with van der Waals surface area (Å²) in [5, 5.41) is 0. The van der Waals surface area contributed by atoms with E-state index in [1.165, 1.54) is 16.6 Å². The first kappa shape index (κ1) is 34.0. The van der Waals surface area contributed by atoms with E-state index in [1.807, 2.05) is 97.1 Å². The third-order valence-corrected chi connectivity index (χ3v) is 13.9. The van der Waals surface area contributed by atoms with Gasteiger partial charge in [-0.25, -0.2) is 0 Å². The van der Waals surface area contributed by atoms with E-state index in [2.05, 4.69) is 132 Å². The van der Waals surface area contributed by atoms with E-state index in [4.69, 9.17) is 16.6 Å². The first-order chi connectivity index (χ1) is 34.4. The second-order valence-electron chi connectivity index (χ2n) is 17.7. The van der Waals surface area contributed by atoms with Gasteiger partial charge < -0.3 is 0 Å². The molecule has 8 aromatic carbocycles. The van der Waals surface area contributed by atoms with Crippen molar-refractivity contribution in [3.63, 3.8) is 0 Å². The number of hydrogen-bond donors (Lipinski definition) is 0. The molecule has 0 atom stereocenters. The molecule has 3 aliphatic rings. The van der Waals surface area contributed by atoms with Crippen molar-refractivity contribution in [1.29, 1.82) is 0 Å². The molecule has 2 aromatic heterocycles. The van der Waals surface area contributed by atoms with Crippen LogP contribution in [0.1, 0.15) is 33.2 Å². The maximum absolute atomic E-state index is 9.10. The zero-order valence-corrected chi connectivity index (χ0v) is 38.3. The molecule has 0 aliphatic carbocycles. The van der Waals surface area contributed by atoms with Gasteiger partial charge in [0.05, 0.1) is 0 Å². The predicted molar refractivity (Wildman–Crippen MR) is 264 cm³/mol. The molecular formula is C58H40BN5OPt-2. The third-order valence-electron chi connectivity index (χ3n) is 12.9. The number of imidazole rings is 1. The molecule has 10 aromatic rings. The van der Waals surface area contributed by atoms with Crippen LogP contribution in [0, 0.1) is 15.9 Å². The minimum atomic E-state index is -0.438. The topological polar surface area (TPSA) is 38.5 Å². The Morgan fingerprint density at radius 1 is 0.636 bits per heavy atom. The first-order valence-corrected chi connectivity index (χ1v) is 23.1. The van der Waals surface area contributed by atoms with Gasteiger partial charge in [0.25, 0.3) is 0 Å². The molecule has 66 heavy (non-hydrogen) atoms. The van der Waals surface area contributed by atoms with Crippen molar-refractivity contribution >= 4 is 46.4 Å². The van der Waals surface area contributed by atoms with Crippen LogP contribution in [0.3, 0.4) is 0 Å². The molecule has 0 saturated heterocycles. The molecule has 0 bridgehead atoms. The number of ether oxygens (including phenoxy) is 1. The second kappa shape index (κ2) is 14.8. The monoisotopic (exact) mass is 1030 g/mol. The van der Waals surface area contributed by atoms with Gasteiger partial charge in [-0.1, -0.05) is 30.3 Å². The van der Waals surface area contributed by atoms with Gasteiger partial charge in [0.1, 0.15) is 0 Å². The quantitative estimate of drug-likeness (QED) is 0.123. The fourth-order valence-electron chi connectivity index (χ4n) is 10.2. The summed E-state index contributed by atoms with van der Waals surface area (Å²) in [7, 11) is 0. The average Bonchev–Trinajstić information content (AvgIpc) is 3.90. The van der Waals surface area contributed by atoms with Crippen LogP contribution < -0.4 is 19.8 Å². The van der Waals surface area contributed by atoms with Crippen LogP contribution in [0.5, 0.6) is 11.6 Å². The summed E-state index contributed by atoms with van der Waals surface area (Å²) in [6, 6.07) is 58.6. The zero-order valence-electron chi connectivity index (χ0n) is 41.0. The van der Waals surface area contributed by atoms with Crippen molar-refractivity contribution in [3.05, 3.63) is 209 Å². The van der Waals surface area contributed by atoms with E-state index >= 15 is 0 Å². The number of fused-ring (bicyclic) bond motifs is 10. The van der Waals surface area contributed by atoms with Crippen LogP contribution in [-0.2, 0) is 24.8 Å². The fraction of sp³-hybridized carbons (Fsp3) is 0.0690. The van der Waals surface area contributed by atoms with Crippen molar-refractivity contribution in [2.45, 2.75) is 26.2 Å². The average molecular weight is 1030 g/mol. The van der Waals surface area contributed by atoms with Crippen LogP contribution in [0.25, 0.3) is 66.9 Å². The fourth-order valence-corrected chi connectivity index (χ4v) is 11.3. The van der Waals surface area contributed by atoms with Gasteiger partial charge in [-0.05, 0) is 11.6 Å². The summed E-state index contributed by atoms with van der Waals surface area (Å²) in [5.41, 5.74) is 15.3. The molecule has 8 heteroatoms. The van der Waals surface area contributed by atoms with Crippen molar-refractivity contribution in [1.82, 2.24) is 14.1 Å². The Hall–Kier alpha value is -7.47. The Balaban J connectivity index is 0.986. The van der Waals surface area contributed by atoms with Crippen molar-refractivity contribution in [3.8, 4) is 67.5 Å². The molecule has 3 aliphatic heterocycles. The number of nitrogens with zero attached hydrogens (tertiary/aromatic N) is 5. The number of para-hydroxylation sites is 5. The molecule has 0 spiro atoms. The summed E-state index contributed by atoms with van der Waals surface area (Å²) >= 11 is 2.32. The number of aromatic nitrogens is 3. The number of hydrogen-bond acceptors (Lipinski definition) is 4. The van der Waals surface area contributed by atoms with Crippen LogP contribution in [0.2, 0.25) is 0 Å². The Labute approximate surface area is 402 Å². The van der Waals surface area contributed by atoms with Gasteiger partial charge in [-0.15, -0.1) is 6.07 Å². The zero-order chi connectivity index (χ0) is 48.6. The van der Waals surface area contributed by atoms with E-state index in [9.17, 15) is 0 Å². The second-order valence-corrected chi connectivity index (χ2v) is 18.7. The van der Waals surface area contributed by atoms with Crippen molar-refractivity contribution in [2.75, 3.05) is 9.62 Å². The molecule has 0 amide bonds. The summed E-state index contributed by atoms with van der Waals surface area (Å²) < 4.78 is 55.8. The van der Waals surface area contributed by atoms with Crippen molar-refractivity contribution in [2.24, 2.45) is 0 Å². The SMILES string of the molecule is [2H]c1c([2H])c([2H])c(-c2cccc(-c3ccccc3)c2-n2[c](=[Pt])n(-c3[c-]c(Oc4cc(C(C)(C)C)c5c(n4)N4B6c7c(cccc7-5)-c5ccccc5N6c5ccc[c-]c54)ccc3)c3ccccc32)c([2H])c1[2H]. The van der Waals surface area contributed by atoms with Crippen LogP contribution in [0.15, 0.2) is 188 Å². The van der Waals surface area contributed by atoms with Gasteiger partial charge in [0.15, 0.2) is 0 Å². The number of pyridine rings is 1. The molecule has 0 fully saturated rings. The number of anilines is 4. The minimum absolute atomic E-state index is 0.124. The molecule has 0 saturated carbocycles. The molecule has 5 heterocycles. The Morgan fingerprint density at radius 3 is 2.11 bits per heavy atom. The van der Waals surface area contributed by atoms with Crippen LogP contribution in [-0.4, -0.2) is 21.1 Å². The summed E-state index contributed by atoms with van der Waals surface area (Å²) in [6.45, 7) is 6.53. The number of benzene rings is 8. The van der Waals surface area contributed by atoms with E-state index in [0.717, 1.165) is 65.5 Å². The summed E-state index contributed by atoms with van der Waals surface area (Å²) in [4.78, 5) is 10.2. The molecule has 0 radical (unpaired) electrons. The summed E-state index contributed by atoms with van der Waals surface area (Å²) in [5.74, 6) is 1.72. The van der Waals surface area contributed by atoms with Gasteiger partial charge in [0.2, 0.25) is 0 Å². The molecule has 13 rings (SSSR count). The summed E-state index contributed by atoms with van der Waals surface area (Å²) in [6.07, 6.45) is 0. The maximum atomic E-state index is 9.10. The van der Waals surface area contributed by atoms with Gasteiger partial charge in [-0.3, -0.25) is 0 Å². The van der Waals surface area contributed by atoms with Gasteiger partial charge in [-0.2, -0.15) is 12.1 Å². The van der Waals surface area contributed by atoms with E-state index in [1.54, 1.807) is 0 Å². The molecule has 0 unspecified atom stereocenters. The van der Waals surface area contributed by atoms with E-state index in [-0.39, 0.29) is 30.0 Å². The number of rotatable bonds is 6. The van der Waals surface area contributed by atoms with Crippen LogP contribution in [0.4, 0.5) is 22.9 Å². The first-order valence-electron chi connectivity index (χ1n) is 24.4. The van der Waals surface area contributed by atoms with Crippen molar-refractivity contribution < 1.29 is 30.9 Å². The normalized spacial score (nSPS) is 14.1. The van der Waals surface area contributed by atoms with Gasteiger partial charge in [0, 0.05) is 11.3 Å². The van der Waals surface area contributed by atoms with E-state index in [0.29, 0.717) is 28.6 Å². The van der Waals surface area contributed by atoms with Crippen LogP contribution >= 0.6 is 0 Å². The molecule has 0 N–H and O–H groups in total. The van der Waals surface area contributed by atoms with Gasteiger partial charge >= 0.3 is 333 Å². The Bertz CT molecular complexity index is 3950. The standard InChI is InChI=1S/C58H40BN5O.Pt/c1-58(2,3)47-36-53(60-57-54(47)46-29-18-28-45-44-25-10-11-30-48(44)63-51-33-14-15-34-52(51)64(57)59(63)55(45)46)65-41-24-16-23-40(35-41)61-37-62(50-32-13-12-31-49(50)61)56-42(38-19-6-4-7-20-38)26-17-27-43(56)39-21-8-5-9-22-39;/h4-33,36H,1-3H3;/q-2;/i4D,6D,7D,19D,20D;. The molecular weight excluding hydrogens is 989 g/mol. The Morgan fingerprint density at radius 2 is 1.30 bits per heavy atom. The molecule has 6 nitrogen and oxygen atoms in total.